The van der Waals surface area contributed by atoms with Crippen molar-refractivity contribution in [2.75, 3.05) is 40.5 Å². The predicted octanol–water partition coefficient (Wildman–Crippen LogP) is 2.71. The third kappa shape index (κ3) is 1.99. The zero-order valence-corrected chi connectivity index (χ0v) is 13.0. The number of nitrogens with zero attached hydrogens (tertiary/aromatic N) is 1. The number of morpholine rings is 1. The maximum Gasteiger partial charge on any atom is 0.371 e. The number of aliphatic hydroxyl groups is 1. The van der Waals surface area contributed by atoms with Crippen LogP contribution in [-0.2, 0) is 18.3 Å². The molecule has 114 valence electrons. The molecule has 1 N–H and O–H groups in total. The van der Waals surface area contributed by atoms with Crippen molar-refractivity contribution in [2.24, 2.45) is 0 Å². The maximum absolute atomic E-state index is 12.8. The molecule has 1 aromatic rings. The van der Waals surface area contributed by atoms with Crippen LogP contribution in [0.15, 0.2) is 30.1 Å². The largest absolute Gasteiger partial charge is 0.466 e. The van der Waals surface area contributed by atoms with Gasteiger partial charge in [-0.1, -0.05) is 12.1 Å². The summed E-state index contributed by atoms with van der Waals surface area (Å²) >= 11 is 0. The second-order valence-electron chi connectivity index (χ2n) is 5.08. The second-order valence-corrected chi connectivity index (χ2v) is 7.25. The predicted molar refractivity (Wildman–Crippen MR) is 80.0 cm³/mol. The summed E-state index contributed by atoms with van der Waals surface area (Å²) in [5.74, 6) is 0.0477. The van der Waals surface area contributed by atoms with Gasteiger partial charge in [0.15, 0.2) is 5.31 Å². The topological polar surface area (TPSA) is 65.0 Å². The van der Waals surface area contributed by atoms with E-state index in [1.807, 2.05) is 24.3 Å². The van der Waals surface area contributed by atoms with E-state index in [9.17, 15) is 9.67 Å². The van der Waals surface area contributed by atoms with Crippen molar-refractivity contribution in [3.05, 3.63) is 35.7 Å². The monoisotopic (exact) mass is 312 g/mol. The molecule has 0 radical (unpaired) electrons. The molecule has 1 aromatic carbocycles. The summed E-state index contributed by atoms with van der Waals surface area (Å²) in [5.41, 5.74) is 1.64. The Morgan fingerprint density at radius 3 is 2.43 bits per heavy atom. The Morgan fingerprint density at radius 2 is 1.81 bits per heavy atom. The number of quaternary nitrogens is 1. The highest BCUT2D eigenvalue weighted by atomic mass is 31.2. The average molecular weight is 312 g/mol. The fourth-order valence-electron chi connectivity index (χ4n) is 3.12. The molecule has 6 nitrogen and oxygen atoms in total. The van der Waals surface area contributed by atoms with Crippen LogP contribution in [-0.4, -0.2) is 45.6 Å². The normalized spacial score (nSPS) is 20.9. The highest BCUT2D eigenvalue weighted by molar-refractivity contribution is 7.65. The van der Waals surface area contributed by atoms with E-state index in [1.54, 1.807) is 0 Å². The summed E-state index contributed by atoms with van der Waals surface area (Å²) in [4.78, 5) is 0. The molecule has 1 spiro atoms. The van der Waals surface area contributed by atoms with Crippen molar-refractivity contribution in [3.63, 3.8) is 0 Å². The first-order valence-corrected chi connectivity index (χ1v) is 8.34. The van der Waals surface area contributed by atoms with Crippen LogP contribution in [0.5, 0.6) is 0 Å². The quantitative estimate of drug-likeness (QED) is 0.687. The Balaban J connectivity index is 2.25. The summed E-state index contributed by atoms with van der Waals surface area (Å²) in [6.07, 6.45) is 0. The minimum Gasteiger partial charge on any atom is -0.466 e. The van der Waals surface area contributed by atoms with Crippen molar-refractivity contribution in [1.82, 2.24) is 4.48 Å². The SMILES string of the molecule is COP(=O)(OC)C1=C(O)[N+]2(CCOCC2)c2ccccc21. The number of rotatable bonds is 3. The van der Waals surface area contributed by atoms with E-state index < -0.39 is 7.60 Å². The lowest BCUT2D eigenvalue weighted by atomic mass is 10.1. The highest BCUT2D eigenvalue weighted by Crippen LogP contribution is 2.65. The molecule has 2 heterocycles. The molecule has 0 amide bonds. The van der Waals surface area contributed by atoms with Crippen LogP contribution < -0.4 is 4.48 Å². The number of fused-ring (bicyclic) bond motifs is 2. The molecule has 21 heavy (non-hydrogen) atoms. The molecule has 0 aromatic heterocycles. The summed E-state index contributed by atoms with van der Waals surface area (Å²) in [5, 5.41) is 11.1. The van der Waals surface area contributed by atoms with Crippen LogP contribution in [0.1, 0.15) is 5.56 Å². The molecule has 0 aliphatic carbocycles. The van der Waals surface area contributed by atoms with Gasteiger partial charge in [-0.25, -0.2) is 4.48 Å². The van der Waals surface area contributed by atoms with Crippen molar-refractivity contribution in [1.29, 1.82) is 0 Å². The van der Waals surface area contributed by atoms with E-state index in [0.29, 0.717) is 26.3 Å². The minimum absolute atomic E-state index is 0.0477. The standard InChI is InChI=1S/C14H18NO5P/c1-18-21(17,19-2)13-11-5-3-4-6-12(11)15(14(13)16)7-9-20-10-8-15/h3-6H,7-10H2,1-2H3/p+1. The zero-order chi connectivity index (χ0) is 15.1. The Labute approximate surface area is 123 Å². The van der Waals surface area contributed by atoms with Crippen LogP contribution in [0.25, 0.3) is 5.31 Å². The number of hydrogen-bond acceptors (Lipinski definition) is 5. The number of ether oxygens (including phenoxy) is 1. The van der Waals surface area contributed by atoms with Gasteiger partial charge in [0.05, 0.1) is 18.8 Å². The van der Waals surface area contributed by atoms with Gasteiger partial charge in [0.2, 0.25) is 0 Å². The first-order chi connectivity index (χ1) is 10.1. The second kappa shape index (κ2) is 5.23. The Hall–Kier alpha value is -1.17. The summed E-state index contributed by atoms with van der Waals surface area (Å²) < 4.78 is 28.7. The number of para-hydroxylation sites is 1. The van der Waals surface area contributed by atoms with Gasteiger partial charge in [-0.3, -0.25) is 4.57 Å². The molecule has 1 fully saturated rings. The van der Waals surface area contributed by atoms with Gasteiger partial charge >= 0.3 is 13.5 Å². The maximum atomic E-state index is 12.8. The van der Waals surface area contributed by atoms with Gasteiger partial charge < -0.3 is 18.9 Å². The van der Waals surface area contributed by atoms with Crippen molar-refractivity contribution in [3.8, 4) is 0 Å². The molecule has 2 aliphatic heterocycles. The smallest absolute Gasteiger partial charge is 0.371 e. The van der Waals surface area contributed by atoms with E-state index in [1.165, 1.54) is 14.2 Å². The molecule has 0 unspecified atom stereocenters. The number of aliphatic hydroxyl groups excluding tert-OH is 1. The Morgan fingerprint density at radius 1 is 1.19 bits per heavy atom. The van der Waals surface area contributed by atoms with E-state index in [4.69, 9.17) is 13.8 Å². The summed E-state index contributed by atoms with van der Waals surface area (Å²) in [7, 11) is -0.880. The third-order valence-corrected chi connectivity index (χ3v) is 6.18. The summed E-state index contributed by atoms with van der Waals surface area (Å²) in [6, 6.07) is 7.55. The summed E-state index contributed by atoms with van der Waals surface area (Å²) in [6.45, 7) is 2.27. The van der Waals surface area contributed by atoms with Crippen LogP contribution in [0, 0.1) is 0 Å². The molecule has 0 bridgehead atoms. The van der Waals surface area contributed by atoms with Gasteiger partial charge in [-0.15, -0.1) is 0 Å². The average Bonchev–Trinajstić information content (AvgIpc) is 2.78. The molecule has 1 saturated heterocycles. The van der Waals surface area contributed by atoms with E-state index in [0.717, 1.165) is 11.3 Å². The van der Waals surface area contributed by atoms with Gasteiger partial charge in [0.1, 0.15) is 18.8 Å². The minimum atomic E-state index is -3.54. The van der Waals surface area contributed by atoms with Gasteiger partial charge in [-0.05, 0) is 6.07 Å². The lowest BCUT2D eigenvalue weighted by Crippen LogP contribution is -2.54. The van der Waals surface area contributed by atoms with Crippen LogP contribution in [0.3, 0.4) is 0 Å². The third-order valence-electron chi connectivity index (χ3n) is 4.23. The highest BCUT2D eigenvalue weighted by Gasteiger charge is 2.53. The number of hydrogen-bond donors (Lipinski definition) is 1. The van der Waals surface area contributed by atoms with Crippen LogP contribution in [0.4, 0.5) is 5.69 Å². The molecule has 3 rings (SSSR count). The Bertz CT molecular complexity index is 628. The van der Waals surface area contributed by atoms with Crippen molar-refractivity contribution < 1.29 is 23.5 Å². The zero-order valence-electron chi connectivity index (χ0n) is 12.1. The molecule has 2 aliphatic rings. The first kappa shape index (κ1) is 14.8. The van der Waals surface area contributed by atoms with Gasteiger partial charge in [0.25, 0.3) is 0 Å². The van der Waals surface area contributed by atoms with Gasteiger partial charge in [0, 0.05) is 20.3 Å². The Kier molecular flexibility index (Phi) is 3.67. The first-order valence-electron chi connectivity index (χ1n) is 6.80. The van der Waals surface area contributed by atoms with E-state index >= 15 is 0 Å². The fourth-order valence-corrected chi connectivity index (χ4v) is 4.55. The van der Waals surface area contributed by atoms with Crippen molar-refractivity contribution >= 4 is 18.6 Å². The molecule has 0 atom stereocenters. The fraction of sp³-hybridized carbons (Fsp3) is 0.429. The molecule has 0 saturated carbocycles. The van der Waals surface area contributed by atoms with E-state index in [2.05, 4.69) is 0 Å². The van der Waals surface area contributed by atoms with Crippen molar-refractivity contribution in [2.45, 2.75) is 0 Å². The molecular weight excluding hydrogens is 293 g/mol. The molecular formula is C14H19NO5P+. The lowest BCUT2D eigenvalue weighted by molar-refractivity contribution is 0.0371. The lowest BCUT2D eigenvalue weighted by Gasteiger charge is -2.36. The molecule has 7 heteroatoms. The van der Waals surface area contributed by atoms with Crippen LogP contribution >= 0.6 is 7.60 Å². The van der Waals surface area contributed by atoms with E-state index in [-0.39, 0.29) is 15.7 Å². The van der Waals surface area contributed by atoms with Crippen LogP contribution in [0.2, 0.25) is 0 Å². The number of benzene rings is 1. The van der Waals surface area contributed by atoms with Gasteiger partial charge in [-0.2, -0.15) is 0 Å².